The van der Waals surface area contributed by atoms with Crippen LogP contribution in [0.5, 0.6) is 0 Å². The highest BCUT2D eigenvalue weighted by atomic mass is 32.2. The van der Waals surface area contributed by atoms with Crippen molar-refractivity contribution in [2.75, 3.05) is 61.1 Å². The van der Waals surface area contributed by atoms with E-state index in [9.17, 15) is 9.59 Å². The molecule has 9 nitrogen and oxygen atoms in total. The van der Waals surface area contributed by atoms with E-state index in [-0.39, 0.29) is 30.9 Å². The molecule has 0 bridgehead atoms. The first-order valence-corrected chi connectivity index (χ1v) is 16.7. The summed E-state index contributed by atoms with van der Waals surface area (Å²) in [5.74, 6) is 1.30. The van der Waals surface area contributed by atoms with Crippen molar-refractivity contribution in [3.63, 3.8) is 0 Å². The Bertz CT molecular complexity index is 1430. The molecule has 3 fully saturated rings. The SMILES string of the molecule is O=C(CN1CC(c2ccccc2)NC1=S)N(Cc1cccnc1)C1(C(=O)Nc2ccc(N3CCOCC3)cc2)CCSCC1. The van der Waals surface area contributed by atoms with E-state index in [4.69, 9.17) is 17.0 Å². The third kappa shape index (κ3) is 6.85. The molecule has 44 heavy (non-hydrogen) atoms. The molecule has 1 atom stereocenters. The second kappa shape index (κ2) is 14.0. The summed E-state index contributed by atoms with van der Waals surface area (Å²) >= 11 is 7.49. The minimum atomic E-state index is -1.01. The zero-order valence-electron chi connectivity index (χ0n) is 24.7. The number of rotatable bonds is 9. The lowest BCUT2D eigenvalue weighted by Crippen LogP contribution is -2.61. The Kier molecular flexibility index (Phi) is 9.63. The van der Waals surface area contributed by atoms with Gasteiger partial charge in [-0.1, -0.05) is 36.4 Å². The Morgan fingerprint density at radius 3 is 2.50 bits per heavy atom. The van der Waals surface area contributed by atoms with Gasteiger partial charge in [-0.3, -0.25) is 14.6 Å². The predicted octanol–water partition coefficient (Wildman–Crippen LogP) is 4.08. The van der Waals surface area contributed by atoms with Crippen molar-refractivity contribution in [3.8, 4) is 0 Å². The van der Waals surface area contributed by atoms with Gasteiger partial charge in [-0.15, -0.1) is 0 Å². The number of aromatic nitrogens is 1. The standard InChI is InChI=1S/C33H38N6O3S2/c40-30(24-38-23-29(36-32(38)43)26-6-2-1-3-7-26)39(22-25-5-4-14-34-21-25)33(12-19-44-20-13-33)31(41)35-27-8-10-28(11-9-27)37-15-17-42-18-16-37/h1-11,14,21,29H,12-13,15-20,22-24H2,(H,35,41)(H,36,43). The molecular weight excluding hydrogens is 593 g/mol. The van der Waals surface area contributed by atoms with Crippen molar-refractivity contribution in [3.05, 3.63) is 90.3 Å². The molecule has 0 saturated carbocycles. The summed E-state index contributed by atoms with van der Waals surface area (Å²) in [7, 11) is 0. The summed E-state index contributed by atoms with van der Waals surface area (Å²) in [5, 5.41) is 7.10. The molecule has 2 N–H and O–H groups in total. The molecule has 4 heterocycles. The molecule has 0 radical (unpaired) electrons. The van der Waals surface area contributed by atoms with Gasteiger partial charge in [-0.25, -0.2) is 0 Å². The maximum Gasteiger partial charge on any atom is 0.250 e. The van der Waals surface area contributed by atoms with E-state index in [1.54, 1.807) is 17.3 Å². The molecule has 0 spiro atoms. The van der Waals surface area contributed by atoms with Gasteiger partial charge < -0.3 is 30.1 Å². The van der Waals surface area contributed by atoms with Crippen LogP contribution in [0.1, 0.15) is 30.0 Å². The number of pyridine rings is 1. The van der Waals surface area contributed by atoms with Crippen LogP contribution in [0.4, 0.5) is 11.4 Å². The van der Waals surface area contributed by atoms with Crippen LogP contribution in [-0.2, 0) is 20.9 Å². The van der Waals surface area contributed by atoms with Gasteiger partial charge in [0.15, 0.2) is 5.11 Å². The second-order valence-electron chi connectivity index (χ2n) is 11.4. The first kappa shape index (κ1) is 30.4. The average Bonchev–Trinajstić information content (AvgIpc) is 3.45. The van der Waals surface area contributed by atoms with E-state index in [2.05, 4.69) is 32.7 Å². The fourth-order valence-corrected chi connectivity index (χ4v) is 7.60. The van der Waals surface area contributed by atoms with E-state index in [0.717, 1.165) is 41.4 Å². The fourth-order valence-electron chi connectivity index (χ4n) is 6.15. The second-order valence-corrected chi connectivity index (χ2v) is 13.0. The number of ether oxygens (including phenoxy) is 1. The number of thioether (sulfide) groups is 1. The van der Waals surface area contributed by atoms with Gasteiger partial charge in [0.25, 0.3) is 0 Å². The molecule has 11 heteroatoms. The highest BCUT2D eigenvalue weighted by Crippen LogP contribution is 2.36. The normalized spacial score (nSPS) is 19.7. The van der Waals surface area contributed by atoms with Gasteiger partial charge in [0, 0.05) is 49.9 Å². The molecule has 0 aliphatic carbocycles. The van der Waals surface area contributed by atoms with Crippen molar-refractivity contribution >= 4 is 52.3 Å². The average molecular weight is 631 g/mol. The lowest BCUT2D eigenvalue weighted by molar-refractivity contribution is -0.147. The molecule has 3 saturated heterocycles. The van der Waals surface area contributed by atoms with E-state index in [1.807, 2.05) is 71.3 Å². The Labute approximate surface area is 268 Å². The van der Waals surface area contributed by atoms with Crippen molar-refractivity contribution < 1.29 is 14.3 Å². The molecule has 230 valence electrons. The van der Waals surface area contributed by atoms with E-state index in [0.29, 0.717) is 43.4 Å². The Morgan fingerprint density at radius 2 is 1.80 bits per heavy atom. The quantitative estimate of drug-likeness (QED) is 0.340. The first-order valence-electron chi connectivity index (χ1n) is 15.1. The van der Waals surface area contributed by atoms with Crippen LogP contribution in [-0.4, -0.2) is 88.1 Å². The molecule has 1 aromatic heterocycles. The van der Waals surface area contributed by atoms with Gasteiger partial charge in [-0.2, -0.15) is 11.8 Å². The topological polar surface area (TPSA) is 90.0 Å². The van der Waals surface area contributed by atoms with Crippen molar-refractivity contribution in [2.24, 2.45) is 0 Å². The van der Waals surface area contributed by atoms with Crippen LogP contribution in [0.15, 0.2) is 79.1 Å². The number of benzene rings is 2. The summed E-state index contributed by atoms with van der Waals surface area (Å²) in [6.45, 7) is 4.08. The lowest BCUT2D eigenvalue weighted by atomic mass is 9.87. The van der Waals surface area contributed by atoms with E-state index >= 15 is 0 Å². The molecular formula is C33H38N6O3S2. The van der Waals surface area contributed by atoms with Crippen LogP contribution in [0, 0.1) is 0 Å². The van der Waals surface area contributed by atoms with Crippen LogP contribution in [0.2, 0.25) is 0 Å². The molecule has 3 aromatic rings. The van der Waals surface area contributed by atoms with Crippen LogP contribution in [0.3, 0.4) is 0 Å². The number of nitrogens with one attached hydrogen (secondary N) is 2. The Hall–Kier alpha value is -3.67. The maximum atomic E-state index is 14.3. The largest absolute Gasteiger partial charge is 0.378 e. The number of carbonyl (C=O) groups excluding carboxylic acids is 2. The number of anilines is 2. The summed E-state index contributed by atoms with van der Waals surface area (Å²) in [5.41, 5.74) is 2.82. The Morgan fingerprint density at radius 1 is 1.05 bits per heavy atom. The maximum absolute atomic E-state index is 14.3. The summed E-state index contributed by atoms with van der Waals surface area (Å²) in [6, 6.07) is 21.9. The van der Waals surface area contributed by atoms with Crippen LogP contribution < -0.4 is 15.5 Å². The zero-order chi connectivity index (χ0) is 30.4. The Balaban J connectivity index is 1.24. The van der Waals surface area contributed by atoms with Crippen molar-refractivity contribution in [1.82, 2.24) is 20.1 Å². The molecule has 2 amide bonds. The van der Waals surface area contributed by atoms with Crippen molar-refractivity contribution in [2.45, 2.75) is 31.0 Å². The van der Waals surface area contributed by atoms with Crippen LogP contribution in [0.25, 0.3) is 0 Å². The molecule has 1 unspecified atom stereocenters. The zero-order valence-corrected chi connectivity index (χ0v) is 26.3. The third-order valence-electron chi connectivity index (χ3n) is 8.64. The van der Waals surface area contributed by atoms with Gasteiger partial charge in [-0.05, 0) is 78.0 Å². The summed E-state index contributed by atoms with van der Waals surface area (Å²) in [6.07, 6.45) is 4.61. The minimum Gasteiger partial charge on any atom is -0.378 e. The van der Waals surface area contributed by atoms with Gasteiger partial charge in [0.2, 0.25) is 11.8 Å². The highest BCUT2D eigenvalue weighted by Gasteiger charge is 2.48. The third-order valence-corrected chi connectivity index (χ3v) is 10.0. The van der Waals surface area contributed by atoms with E-state index < -0.39 is 5.54 Å². The fraction of sp³-hybridized carbons (Fsp3) is 0.394. The summed E-state index contributed by atoms with van der Waals surface area (Å²) in [4.78, 5) is 39.0. The number of nitrogens with zero attached hydrogens (tertiary/aromatic N) is 4. The molecule has 3 aliphatic rings. The van der Waals surface area contributed by atoms with Crippen LogP contribution >= 0.6 is 24.0 Å². The number of thiocarbonyl (C=S) groups is 1. The minimum absolute atomic E-state index is 0.00652. The monoisotopic (exact) mass is 630 g/mol. The van der Waals surface area contributed by atoms with Gasteiger partial charge in [0.1, 0.15) is 5.54 Å². The smallest absolute Gasteiger partial charge is 0.250 e. The number of carbonyl (C=O) groups is 2. The number of morpholine rings is 1. The van der Waals surface area contributed by atoms with Gasteiger partial charge >= 0.3 is 0 Å². The van der Waals surface area contributed by atoms with E-state index in [1.165, 1.54) is 0 Å². The first-order chi connectivity index (χ1) is 21.5. The molecule has 2 aromatic carbocycles. The number of hydrogen-bond acceptors (Lipinski definition) is 7. The number of amides is 2. The molecule has 3 aliphatic heterocycles. The summed E-state index contributed by atoms with van der Waals surface area (Å²) < 4.78 is 5.48. The predicted molar refractivity (Wildman–Crippen MR) is 179 cm³/mol. The lowest BCUT2D eigenvalue weighted by Gasteiger charge is -2.45. The molecule has 6 rings (SSSR count). The van der Waals surface area contributed by atoms with Crippen molar-refractivity contribution in [1.29, 1.82) is 0 Å². The highest BCUT2D eigenvalue weighted by molar-refractivity contribution is 7.99. The van der Waals surface area contributed by atoms with Gasteiger partial charge in [0.05, 0.1) is 25.8 Å². The number of hydrogen-bond donors (Lipinski definition) is 2.